The van der Waals surface area contributed by atoms with Crippen molar-refractivity contribution in [3.05, 3.63) is 23.8 Å². The summed E-state index contributed by atoms with van der Waals surface area (Å²) in [6.07, 6.45) is 15.0. The fourth-order valence-electron chi connectivity index (χ4n) is 6.75. The second kappa shape index (κ2) is 10.5. The number of hydrogen-bond acceptors (Lipinski definition) is 2. The van der Waals surface area contributed by atoms with Gasteiger partial charge in [-0.1, -0.05) is 19.8 Å². The van der Waals surface area contributed by atoms with Gasteiger partial charge < -0.3 is 9.47 Å². The molecule has 0 amide bonds. The van der Waals surface area contributed by atoms with E-state index in [9.17, 15) is 8.78 Å². The number of fused-ring (bicyclic) bond motifs is 1. The quantitative estimate of drug-likeness (QED) is 0.436. The molecule has 3 fully saturated rings. The van der Waals surface area contributed by atoms with E-state index in [1.165, 1.54) is 69.9 Å². The van der Waals surface area contributed by atoms with Gasteiger partial charge in [0.05, 0.1) is 13.2 Å². The van der Waals surface area contributed by atoms with Gasteiger partial charge in [0.15, 0.2) is 11.5 Å². The molecule has 4 rings (SSSR count). The van der Waals surface area contributed by atoms with Crippen molar-refractivity contribution in [2.24, 2.45) is 35.5 Å². The average molecular weight is 435 g/mol. The fourth-order valence-corrected chi connectivity index (χ4v) is 6.75. The highest BCUT2D eigenvalue weighted by atomic mass is 19.2. The van der Waals surface area contributed by atoms with E-state index < -0.39 is 11.6 Å². The Labute approximate surface area is 187 Å². The molecule has 0 N–H and O–H groups in total. The Morgan fingerprint density at radius 3 is 1.84 bits per heavy atom. The molecule has 2 nitrogen and oxygen atoms in total. The molecule has 174 valence electrons. The predicted molar refractivity (Wildman–Crippen MR) is 120 cm³/mol. The van der Waals surface area contributed by atoms with Gasteiger partial charge in [-0.2, -0.15) is 8.78 Å². The molecule has 0 spiro atoms. The molecular weight excluding hydrogens is 394 g/mol. The minimum atomic E-state index is -0.952. The molecule has 0 radical (unpaired) electrons. The molecule has 4 heteroatoms. The van der Waals surface area contributed by atoms with E-state index in [-0.39, 0.29) is 11.5 Å². The maximum Gasteiger partial charge on any atom is 0.204 e. The Morgan fingerprint density at radius 1 is 0.677 bits per heavy atom. The van der Waals surface area contributed by atoms with Gasteiger partial charge in [0.1, 0.15) is 0 Å². The summed E-state index contributed by atoms with van der Waals surface area (Å²) >= 11 is 0. The first-order valence-electron chi connectivity index (χ1n) is 12.8. The maximum absolute atomic E-state index is 14.2. The molecular formula is C27H40F2O2. The van der Waals surface area contributed by atoms with Crippen molar-refractivity contribution in [3.8, 4) is 11.5 Å². The van der Waals surface area contributed by atoms with Gasteiger partial charge in [-0.15, -0.1) is 0 Å². The summed E-state index contributed by atoms with van der Waals surface area (Å²) < 4.78 is 39.1. The lowest BCUT2D eigenvalue weighted by Gasteiger charge is -2.45. The predicted octanol–water partition coefficient (Wildman–Crippen LogP) is 7.79. The molecule has 3 saturated carbocycles. The maximum atomic E-state index is 14.2. The minimum absolute atomic E-state index is 0.00378. The van der Waals surface area contributed by atoms with E-state index in [1.54, 1.807) is 6.92 Å². The molecule has 3 aliphatic rings. The van der Waals surface area contributed by atoms with Crippen LogP contribution in [0.15, 0.2) is 12.1 Å². The van der Waals surface area contributed by atoms with Gasteiger partial charge in [0.25, 0.3) is 0 Å². The van der Waals surface area contributed by atoms with Crippen molar-refractivity contribution in [2.45, 2.75) is 84.5 Å². The number of halogens is 2. The standard InChI is InChI=1S/C27H40F2O2/c1-3-18-5-10-23-16-22(12-11-21(23)15-18)20-8-6-19(7-9-20)17-31-25-14-13-24(30-4-2)26(28)27(25)29/h13-14,18-23H,3-12,15-17H2,1-2H3. The SMILES string of the molecule is CCOc1ccc(OCC2CCC(C3CCC4CC(CC)CCC4C3)CC2)c(F)c1F. The molecule has 0 saturated heterocycles. The lowest BCUT2D eigenvalue weighted by atomic mass is 9.61. The van der Waals surface area contributed by atoms with Crippen molar-refractivity contribution in [1.82, 2.24) is 0 Å². The molecule has 31 heavy (non-hydrogen) atoms. The average Bonchev–Trinajstić information content (AvgIpc) is 2.81. The van der Waals surface area contributed by atoms with Crippen LogP contribution in [0.2, 0.25) is 0 Å². The van der Waals surface area contributed by atoms with Crippen molar-refractivity contribution >= 4 is 0 Å². The summed E-state index contributed by atoms with van der Waals surface area (Å²) in [6.45, 7) is 4.90. The van der Waals surface area contributed by atoms with Gasteiger partial charge in [-0.3, -0.25) is 0 Å². The first-order chi connectivity index (χ1) is 15.1. The Bertz CT molecular complexity index is 713. The molecule has 0 aromatic heterocycles. The van der Waals surface area contributed by atoms with E-state index in [2.05, 4.69) is 6.92 Å². The van der Waals surface area contributed by atoms with Crippen molar-refractivity contribution in [3.63, 3.8) is 0 Å². The molecule has 1 aromatic carbocycles. The molecule has 0 heterocycles. The lowest BCUT2D eigenvalue weighted by molar-refractivity contribution is 0.0554. The van der Waals surface area contributed by atoms with Crippen LogP contribution in [0.1, 0.15) is 84.5 Å². The Balaban J connectivity index is 1.22. The summed E-state index contributed by atoms with van der Waals surface area (Å²) in [6, 6.07) is 2.94. The fraction of sp³-hybridized carbons (Fsp3) is 0.778. The molecule has 4 atom stereocenters. The van der Waals surface area contributed by atoms with E-state index in [0.29, 0.717) is 19.1 Å². The van der Waals surface area contributed by atoms with Gasteiger partial charge in [-0.05, 0) is 112 Å². The molecule has 0 aliphatic heterocycles. The Morgan fingerprint density at radius 2 is 1.19 bits per heavy atom. The van der Waals surface area contributed by atoms with Crippen molar-refractivity contribution in [1.29, 1.82) is 0 Å². The zero-order chi connectivity index (χ0) is 21.8. The number of benzene rings is 1. The summed E-state index contributed by atoms with van der Waals surface area (Å²) in [7, 11) is 0. The monoisotopic (exact) mass is 434 g/mol. The Hall–Kier alpha value is -1.32. The first kappa shape index (κ1) is 22.9. The topological polar surface area (TPSA) is 18.5 Å². The van der Waals surface area contributed by atoms with Crippen LogP contribution in [-0.2, 0) is 0 Å². The number of hydrogen-bond donors (Lipinski definition) is 0. The normalized spacial score (nSPS) is 33.5. The zero-order valence-electron chi connectivity index (χ0n) is 19.4. The van der Waals surface area contributed by atoms with E-state index in [0.717, 1.165) is 42.4 Å². The largest absolute Gasteiger partial charge is 0.491 e. The Kier molecular flexibility index (Phi) is 7.77. The van der Waals surface area contributed by atoms with Crippen LogP contribution in [0.5, 0.6) is 11.5 Å². The van der Waals surface area contributed by atoms with Crippen LogP contribution in [0.3, 0.4) is 0 Å². The minimum Gasteiger partial charge on any atom is -0.491 e. The van der Waals surface area contributed by atoms with Crippen LogP contribution < -0.4 is 9.47 Å². The molecule has 1 aromatic rings. The summed E-state index contributed by atoms with van der Waals surface area (Å²) in [5, 5.41) is 0. The summed E-state index contributed by atoms with van der Waals surface area (Å²) in [4.78, 5) is 0. The number of ether oxygens (including phenoxy) is 2. The summed E-state index contributed by atoms with van der Waals surface area (Å²) in [5.41, 5.74) is 0. The third-order valence-corrected chi connectivity index (χ3v) is 8.68. The van der Waals surface area contributed by atoms with E-state index in [1.807, 2.05) is 0 Å². The highest BCUT2D eigenvalue weighted by Gasteiger charge is 2.38. The van der Waals surface area contributed by atoms with Crippen LogP contribution in [0.25, 0.3) is 0 Å². The highest BCUT2D eigenvalue weighted by molar-refractivity contribution is 5.35. The molecule has 4 unspecified atom stereocenters. The zero-order valence-corrected chi connectivity index (χ0v) is 19.4. The van der Waals surface area contributed by atoms with Crippen molar-refractivity contribution in [2.75, 3.05) is 13.2 Å². The van der Waals surface area contributed by atoms with Gasteiger partial charge in [0, 0.05) is 0 Å². The van der Waals surface area contributed by atoms with Crippen LogP contribution >= 0.6 is 0 Å². The van der Waals surface area contributed by atoms with E-state index in [4.69, 9.17) is 9.47 Å². The number of rotatable bonds is 7. The van der Waals surface area contributed by atoms with Crippen molar-refractivity contribution < 1.29 is 18.3 Å². The lowest BCUT2D eigenvalue weighted by Crippen LogP contribution is -2.34. The highest BCUT2D eigenvalue weighted by Crippen LogP contribution is 2.49. The first-order valence-corrected chi connectivity index (χ1v) is 12.8. The molecule has 0 bridgehead atoms. The van der Waals surface area contributed by atoms with E-state index >= 15 is 0 Å². The van der Waals surface area contributed by atoms with Gasteiger partial charge in [0.2, 0.25) is 11.6 Å². The summed E-state index contributed by atoms with van der Waals surface area (Å²) in [5.74, 6) is 3.27. The van der Waals surface area contributed by atoms with Gasteiger partial charge >= 0.3 is 0 Å². The third-order valence-electron chi connectivity index (χ3n) is 8.68. The van der Waals surface area contributed by atoms with Crippen LogP contribution in [-0.4, -0.2) is 13.2 Å². The second-order valence-corrected chi connectivity index (χ2v) is 10.4. The van der Waals surface area contributed by atoms with Gasteiger partial charge in [-0.25, -0.2) is 0 Å². The third kappa shape index (κ3) is 5.37. The smallest absolute Gasteiger partial charge is 0.204 e. The second-order valence-electron chi connectivity index (χ2n) is 10.4. The molecule has 3 aliphatic carbocycles. The van der Waals surface area contributed by atoms with Crippen LogP contribution in [0, 0.1) is 47.1 Å². The van der Waals surface area contributed by atoms with Crippen LogP contribution in [0.4, 0.5) is 8.78 Å².